The Morgan fingerprint density at radius 1 is 1.10 bits per heavy atom. The summed E-state index contributed by atoms with van der Waals surface area (Å²) in [5.74, 6) is -0.518. The van der Waals surface area contributed by atoms with E-state index in [1.807, 2.05) is 58.0 Å². The van der Waals surface area contributed by atoms with E-state index in [0.29, 0.717) is 12.3 Å². The Morgan fingerprint density at radius 2 is 1.66 bits per heavy atom. The van der Waals surface area contributed by atoms with Crippen molar-refractivity contribution in [1.29, 1.82) is 0 Å². The summed E-state index contributed by atoms with van der Waals surface area (Å²) in [4.78, 5) is 24.4. The predicted molar refractivity (Wildman–Crippen MR) is 112 cm³/mol. The van der Waals surface area contributed by atoms with Crippen LogP contribution < -0.4 is 11.1 Å². The van der Waals surface area contributed by atoms with Gasteiger partial charge in [0.25, 0.3) is 5.91 Å². The standard InChI is InChI=1S/C21H33BN2O5/c1-14(2)12-17(22-28-20(3,4)21(5,6)29-22)24-18(25)16(27-19(23)26)13-15-10-8-7-9-11-15/h7-11,14,16-17H,12-13H2,1-6H3,(H2,23,26)(H,24,25)/t16?,17-/m0/s1. The SMILES string of the molecule is CC(C)C[C@H](NC(=O)C(Cc1ccccc1)OC(N)=O)B1OC(C)(C)C(C)(C)O1. The van der Waals surface area contributed by atoms with Crippen LogP contribution in [0, 0.1) is 5.92 Å². The Balaban J connectivity index is 2.16. The fourth-order valence-electron chi connectivity index (χ4n) is 3.23. The lowest BCUT2D eigenvalue weighted by atomic mass is 9.74. The monoisotopic (exact) mass is 404 g/mol. The molecule has 2 amide bonds. The lowest BCUT2D eigenvalue weighted by Gasteiger charge is -2.32. The van der Waals surface area contributed by atoms with Gasteiger partial charge in [-0.15, -0.1) is 0 Å². The van der Waals surface area contributed by atoms with Crippen LogP contribution in [0.5, 0.6) is 0 Å². The third-order valence-corrected chi connectivity index (χ3v) is 5.47. The number of hydrogen-bond acceptors (Lipinski definition) is 5. The van der Waals surface area contributed by atoms with Crippen molar-refractivity contribution in [3.8, 4) is 0 Å². The van der Waals surface area contributed by atoms with E-state index in [-0.39, 0.29) is 6.42 Å². The maximum atomic E-state index is 13.0. The van der Waals surface area contributed by atoms with Gasteiger partial charge in [0.1, 0.15) is 0 Å². The molecule has 1 fully saturated rings. The van der Waals surface area contributed by atoms with Gasteiger partial charge in [-0.05, 0) is 45.6 Å². The number of carbonyl (C=O) groups is 2. The third kappa shape index (κ3) is 6.21. The molecule has 1 aliphatic rings. The molecule has 29 heavy (non-hydrogen) atoms. The molecule has 7 nitrogen and oxygen atoms in total. The number of hydrogen-bond donors (Lipinski definition) is 2. The molecule has 2 rings (SSSR count). The molecule has 0 bridgehead atoms. The van der Waals surface area contributed by atoms with E-state index < -0.39 is 42.4 Å². The molecular formula is C21H33BN2O5. The summed E-state index contributed by atoms with van der Waals surface area (Å²) >= 11 is 0. The van der Waals surface area contributed by atoms with Crippen LogP contribution in [0.15, 0.2) is 30.3 Å². The lowest BCUT2D eigenvalue weighted by molar-refractivity contribution is -0.129. The molecule has 0 aliphatic carbocycles. The number of nitrogens with two attached hydrogens (primary N) is 1. The molecule has 160 valence electrons. The molecule has 0 aromatic heterocycles. The van der Waals surface area contributed by atoms with Crippen LogP contribution in [0.3, 0.4) is 0 Å². The van der Waals surface area contributed by atoms with Crippen LogP contribution in [-0.2, 0) is 25.3 Å². The first-order chi connectivity index (χ1) is 13.4. The predicted octanol–water partition coefficient (Wildman–Crippen LogP) is 2.86. The largest absolute Gasteiger partial charge is 0.481 e. The Bertz CT molecular complexity index is 692. The second-order valence-corrected chi connectivity index (χ2v) is 8.98. The van der Waals surface area contributed by atoms with Gasteiger partial charge in [0.15, 0.2) is 6.10 Å². The van der Waals surface area contributed by atoms with E-state index >= 15 is 0 Å². The van der Waals surface area contributed by atoms with Crippen LogP contribution >= 0.6 is 0 Å². The second kappa shape index (κ2) is 9.18. The Labute approximate surface area is 173 Å². The number of benzene rings is 1. The van der Waals surface area contributed by atoms with E-state index in [1.54, 1.807) is 0 Å². The molecule has 0 saturated carbocycles. The highest BCUT2D eigenvalue weighted by Gasteiger charge is 2.54. The molecular weight excluding hydrogens is 371 g/mol. The van der Waals surface area contributed by atoms with E-state index in [4.69, 9.17) is 19.8 Å². The molecule has 1 aliphatic heterocycles. The highest BCUT2D eigenvalue weighted by atomic mass is 16.7. The molecule has 3 N–H and O–H groups in total. The molecule has 1 aromatic carbocycles. The maximum Gasteiger partial charge on any atom is 0.481 e. The molecule has 1 aromatic rings. The van der Waals surface area contributed by atoms with E-state index in [1.165, 1.54) is 0 Å². The van der Waals surface area contributed by atoms with E-state index in [0.717, 1.165) is 5.56 Å². The molecule has 1 saturated heterocycles. The molecule has 2 atom stereocenters. The fourth-order valence-corrected chi connectivity index (χ4v) is 3.23. The minimum Gasteiger partial charge on any atom is -0.436 e. The van der Waals surface area contributed by atoms with Gasteiger partial charge in [-0.1, -0.05) is 44.2 Å². The molecule has 1 unspecified atom stereocenters. The maximum absolute atomic E-state index is 13.0. The van der Waals surface area contributed by atoms with Crippen LogP contribution in [-0.4, -0.2) is 42.4 Å². The first kappa shape index (κ1) is 23.2. The smallest absolute Gasteiger partial charge is 0.436 e. The topological polar surface area (TPSA) is 99.9 Å². The van der Waals surface area contributed by atoms with Crippen molar-refractivity contribution in [1.82, 2.24) is 5.32 Å². The normalized spacial score (nSPS) is 19.6. The summed E-state index contributed by atoms with van der Waals surface area (Å²) in [6, 6.07) is 9.33. The average molecular weight is 404 g/mol. The highest BCUT2D eigenvalue weighted by molar-refractivity contribution is 6.48. The van der Waals surface area contributed by atoms with Crippen molar-refractivity contribution in [2.45, 2.75) is 77.6 Å². The average Bonchev–Trinajstić information content (AvgIpc) is 2.81. The minimum absolute atomic E-state index is 0.230. The number of amides is 2. The van der Waals surface area contributed by atoms with Gasteiger partial charge in [-0.3, -0.25) is 4.79 Å². The highest BCUT2D eigenvalue weighted by Crippen LogP contribution is 2.38. The zero-order chi connectivity index (χ0) is 21.8. The lowest BCUT2D eigenvalue weighted by Crippen LogP contribution is -2.52. The van der Waals surface area contributed by atoms with Crippen molar-refractivity contribution in [2.24, 2.45) is 11.7 Å². The summed E-state index contributed by atoms with van der Waals surface area (Å²) in [5, 5.41) is 2.97. The summed E-state index contributed by atoms with van der Waals surface area (Å²) in [7, 11) is -0.600. The van der Waals surface area contributed by atoms with Crippen molar-refractivity contribution < 1.29 is 23.6 Å². The molecule has 0 spiro atoms. The minimum atomic E-state index is -1.04. The summed E-state index contributed by atoms with van der Waals surface area (Å²) < 4.78 is 17.4. The van der Waals surface area contributed by atoms with Crippen LogP contribution in [0.4, 0.5) is 4.79 Å². The van der Waals surface area contributed by atoms with Gasteiger partial charge in [0, 0.05) is 6.42 Å². The van der Waals surface area contributed by atoms with Crippen LogP contribution in [0.25, 0.3) is 0 Å². The molecule has 8 heteroatoms. The molecule has 1 heterocycles. The quantitative estimate of drug-likeness (QED) is 0.649. The van der Waals surface area contributed by atoms with Crippen molar-refractivity contribution in [3.63, 3.8) is 0 Å². The van der Waals surface area contributed by atoms with E-state index in [2.05, 4.69) is 19.2 Å². The van der Waals surface area contributed by atoms with Crippen LogP contribution in [0.2, 0.25) is 0 Å². The van der Waals surface area contributed by atoms with Gasteiger partial charge in [-0.25, -0.2) is 4.79 Å². The molecule has 0 radical (unpaired) electrons. The van der Waals surface area contributed by atoms with Crippen LogP contribution in [0.1, 0.15) is 53.5 Å². The summed E-state index contributed by atoms with van der Waals surface area (Å²) in [5.41, 5.74) is 5.05. The summed E-state index contributed by atoms with van der Waals surface area (Å²) in [6.07, 6.45) is -1.14. The number of primary amides is 1. The third-order valence-electron chi connectivity index (χ3n) is 5.47. The first-order valence-corrected chi connectivity index (χ1v) is 10.1. The number of rotatable bonds is 8. The van der Waals surface area contributed by atoms with Gasteiger partial charge in [0.2, 0.25) is 0 Å². The Kier molecular flexibility index (Phi) is 7.35. The zero-order valence-corrected chi connectivity index (χ0v) is 18.2. The number of nitrogens with one attached hydrogen (secondary N) is 1. The number of carbonyl (C=O) groups excluding carboxylic acids is 2. The second-order valence-electron chi connectivity index (χ2n) is 8.98. The zero-order valence-electron chi connectivity index (χ0n) is 18.2. The van der Waals surface area contributed by atoms with Gasteiger partial charge < -0.3 is 25.1 Å². The number of ether oxygens (including phenoxy) is 1. The fraction of sp³-hybridized carbons (Fsp3) is 0.619. The van der Waals surface area contributed by atoms with Gasteiger partial charge in [-0.2, -0.15) is 0 Å². The Morgan fingerprint density at radius 3 is 2.14 bits per heavy atom. The van der Waals surface area contributed by atoms with Crippen molar-refractivity contribution in [2.75, 3.05) is 0 Å². The van der Waals surface area contributed by atoms with Gasteiger partial charge >= 0.3 is 13.2 Å². The van der Waals surface area contributed by atoms with Gasteiger partial charge in [0.05, 0.1) is 17.1 Å². The summed E-state index contributed by atoms with van der Waals surface area (Å²) in [6.45, 7) is 12.0. The van der Waals surface area contributed by atoms with E-state index in [9.17, 15) is 9.59 Å². The van der Waals surface area contributed by atoms with Crippen molar-refractivity contribution >= 4 is 19.1 Å². The first-order valence-electron chi connectivity index (χ1n) is 10.1. The van der Waals surface area contributed by atoms with Crippen molar-refractivity contribution in [3.05, 3.63) is 35.9 Å². The Hall–Kier alpha value is -2.06.